The van der Waals surface area contributed by atoms with Crippen LogP contribution in [0.25, 0.3) is 11.5 Å². The van der Waals surface area contributed by atoms with Crippen LogP contribution in [0.2, 0.25) is 0 Å². The van der Waals surface area contributed by atoms with Gasteiger partial charge in [0.05, 0.1) is 0 Å². The van der Waals surface area contributed by atoms with Crippen molar-refractivity contribution in [3.63, 3.8) is 0 Å². The fourth-order valence-electron chi connectivity index (χ4n) is 2.38. The molecule has 1 atom stereocenters. The molecule has 0 aliphatic carbocycles. The van der Waals surface area contributed by atoms with E-state index in [1.54, 1.807) is 11.9 Å². The highest BCUT2D eigenvalue weighted by Gasteiger charge is 2.15. The third-order valence-corrected chi connectivity index (χ3v) is 3.94. The summed E-state index contributed by atoms with van der Waals surface area (Å²) in [6.07, 6.45) is 0. The molecular formula is C19H20N4O2. The topological polar surface area (TPSA) is 71.3 Å². The van der Waals surface area contributed by atoms with Crippen molar-refractivity contribution < 1.29 is 9.21 Å². The highest BCUT2D eigenvalue weighted by Crippen LogP contribution is 2.24. The summed E-state index contributed by atoms with van der Waals surface area (Å²) < 4.78 is 5.76. The van der Waals surface area contributed by atoms with Gasteiger partial charge in [0.2, 0.25) is 17.7 Å². The zero-order valence-corrected chi connectivity index (χ0v) is 14.4. The number of hydrogen-bond acceptors (Lipinski definition) is 5. The van der Waals surface area contributed by atoms with E-state index in [4.69, 9.17) is 4.42 Å². The van der Waals surface area contributed by atoms with E-state index in [2.05, 4.69) is 15.5 Å². The number of nitrogens with one attached hydrogen (secondary N) is 1. The molecule has 3 rings (SSSR count). The van der Waals surface area contributed by atoms with Crippen LogP contribution >= 0.6 is 0 Å². The lowest BCUT2D eigenvalue weighted by molar-refractivity contribution is -0.116. The summed E-state index contributed by atoms with van der Waals surface area (Å²) in [5.41, 5.74) is 2.65. The van der Waals surface area contributed by atoms with E-state index in [-0.39, 0.29) is 11.9 Å². The molecule has 0 saturated carbocycles. The van der Waals surface area contributed by atoms with E-state index in [1.165, 1.54) is 6.92 Å². The predicted molar refractivity (Wildman–Crippen MR) is 97.3 cm³/mol. The van der Waals surface area contributed by atoms with Gasteiger partial charge in [0.25, 0.3) is 0 Å². The fraction of sp³-hybridized carbons (Fsp3) is 0.211. The molecule has 0 fully saturated rings. The summed E-state index contributed by atoms with van der Waals surface area (Å²) in [6.45, 7) is 3.49. The zero-order chi connectivity index (χ0) is 17.8. The maximum atomic E-state index is 11.4. The fourth-order valence-corrected chi connectivity index (χ4v) is 2.38. The molecule has 25 heavy (non-hydrogen) atoms. The smallest absolute Gasteiger partial charge is 0.247 e. The maximum Gasteiger partial charge on any atom is 0.247 e. The van der Waals surface area contributed by atoms with Crippen LogP contribution < -0.4 is 10.2 Å². The number of carbonyl (C=O) groups is 1. The van der Waals surface area contributed by atoms with Crippen LogP contribution in [0.5, 0.6) is 0 Å². The molecule has 3 aromatic rings. The van der Waals surface area contributed by atoms with E-state index >= 15 is 0 Å². The van der Waals surface area contributed by atoms with Gasteiger partial charge in [-0.25, -0.2) is 0 Å². The van der Waals surface area contributed by atoms with E-state index in [1.807, 2.05) is 61.5 Å². The summed E-state index contributed by atoms with van der Waals surface area (Å²) in [7, 11) is 1.75. The summed E-state index contributed by atoms with van der Waals surface area (Å²) in [6, 6.07) is 17.1. The Hall–Kier alpha value is -3.15. The number of anilines is 2. The highest BCUT2D eigenvalue weighted by atomic mass is 16.4. The number of hydrogen-bond donors (Lipinski definition) is 1. The molecule has 0 radical (unpaired) electrons. The summed E-state index contributed by atoms with van der Waals surface area (Å²) in [5.74, 6) is 1.01. The molecule has 0 unspecified atom stereocenters. The first-order valence-corrected chi connectivity index (χ1v) is 8.04. The van der Waals surface area contributed by atoms with Crippen LogP contribution in [0.1, 0.15) is 25.8 Å². The third-order valence-electron chi connectivity index (χ3n) is 3.94. The van der Waals surface area contributed by atoms with Gasteiger partial charge < -0.3 is 14.6 Å². The Bertz CT molecular complexity index is 843. The number of amides is 1. The zero-order valence-electron chi connectivity index (χ0n) is 14.4. The van der Waals surface area contributed by atoms with Gasteiger partial charge in [-0.15, -0.1) is 10.2 Å². The van der Waals surface area contributed by atoms with Gasteiger partial charge in [0.1, 0.15) is 6.04 Å². The minimum absolute atomic E-state index is 0.00613. The Morgan fingerprint density at radius 1 is 1.08 bits per heavy atom. The molecule has 0 spiro atoms. The number of aromatic nitrogens is 2. The molecule has 2 aromatic carbocycles. The molecule has 1 aromatic heterocycles. The first kappa shape index (κ1) is 16.7. The molecular weight excluding hydrogens is 316 g/mol. The van der Waals surface area contributed by atoms with Crippen LogP contribution in [0.3, 0.4) is 0 Å². The van der Waals surface area contributed by atoms with Gasteiger partial charge in [-0.05, 0) is 43.3 Å². The molecule has 0 aliphatic rings. The Kier molecular flexibility index (Phi) is 4.79. The van der Waals surface area contributed by atoms with Crippen molar-refractivity contribution in [2.75, 3.05) is 17.3 Å². The lowest BCUT2D eigenvalue weighted by atomic mass is 10.2. The average molecular weight is 336 g/mol. The van der Waals surface area contributed by atoms with Crippen molar-refractivity contribution in [3.05, 3.63) is 60.5 Å². The van der Waals surface area contributed by atoms with Gasteiger partial charge in [0, 0.05) is 30.9 Å². The molecule has 1 N–H and O–H groups in total. The quantitative estimate of drug-likeness (QED) is 0.765. The molecule has 6 heteroatoms. The largest absolute Gasteiger partial charge is 0.418 e. The summed E-state index contributed by atoms with van der Waals surface area (Å²) in [4.78, 5) is 13.0. The summed E-state index contributed by atoms with van der Waals surface area (Å²) >= 11 is 0. The van der Waals surface area contributed by atoms with Gasteiger partial charge in [-0.1, -0.05) is 18.2 Å². The van der Waals surface area contributed by atoms with Crippen molar-refractivity contribution in [2.24, 2.45) is 0 Å². The molecule has 0 saturated heterocycles. The lowest BCUT2D eigenvalue weighted by Crippen LogP contribution is -2.22. The van der Waals surface area contributed by atoms with Crippen LogP contribution in [0.15, 0.2) is 59.0 Å². The first-order chi connectivity index (χ1) is 12.0. The van der Waals surface area contributed by atoms with Crippen molar-refractivity contribution in [1.29, 1.82) is 0 Å². The normalized spacial score (nSPS) is 11.8. The molecule has 0 bridgehead atoms. The van der Waals surface area contributed by atoms with Crippen molar-refractivity contribution in [3.8, 4) is 11.5 Å². The van der Waals surface area contributed by atoms with E-state index < -0.39 is 0 Å². The standard InChI is InChI=1S/C19H20N4O2/c1-13(18-21-22-19(25-18)15-7-5-4-6-8-15)20-16-9-11-17(12-10-16)23(3)14(2)24/h4-13,20H,1-3H3/t13-/m1/s1. The van der Waals surface area contributed by atoms with E-state index in [9.17, 15) is 4.79 Å². The second kappa shape index (κ2) is 7.17. The molecule has 0 aliphatic heterocycles. The Labute approximate surface area is 146 Å². The Morgan fingerprint density at radius 2 is 1.76 bits per heavy atom. The van der Waals surface area contributed by atoms with Gasteiger partial charge in [0.15, 0.2) is 0 Å². The van der Waals surface area contributed by atoms with Gasteiger partial charge >= 0.3 is 0 Å². The molecule has 1 heterocycles. The minimum Gasteiger partial charge on any atom is -0.418 e. The van der Waals surface area contributed by atoms with Crippen LogP contribution in [0, 0.1) is 0 Å². The first-order valence-electron chi connectivity index (χ1n) is 8.04. The van der Waals surface area contributed by atoms with Gasteiger partial charge in [-0.2, -0.15) is 0 Å². The van der Waals surface area contributed by atoms with Crippen molar-refractivity contribution >= 4 is 17.3 Å². The van der Waals surface area contributed by atoms with Crippen LogP contribution in [-0.2, 0) is 4.79 Å². The highest BCUT2D eigenvalue weighted by molar-refractivity contribution is 5.91. The second-order valence-electron chi connectivity index (χ2n) is 5.80. The van der Waals surface area contributed by atoms with Crippen molar-refractivity contribution in [1.82, 2.24) is 10.2 Å². The van der Waals surface area contributed by atoms with Gasteiger partial charge in [-0.3, -0.25) is 4.79 Å². The van der Waals surface area contributed by atoms with Crippen LogP contribution in [-0.4, -0.2) is 23.2 Å². The SMILES string of the molecule is CC(=O)N(C)c1ccc(N[C@H](C)c2nnc(-c3ccccc3)o2)cc1. The summed E-state index contributed by atoms with van der Waals surface area (Å²) in [5, 5.41) is 11.5. The number of benzene rings is 2. The van der Waals surface area contributed by atoms with Crippen LogP contribution in [0.4, 0.5) is 11.4 Å². The van der Waals surface area contributed by atoms with E-state index in [0.29, 0.717) is 11.8 Å². The molecule has 1 amide bonds. The minimum atomic E-state index is -0.138. The Morgan fingerprint density at radius 3 is 2.40 bits per heavy atom. The average Bonchev–Trinajstić information content (AvgIpc) is 3.13. The number of carbonyl (C=O) groups excluding carboxylic acids is 1. The monoisotopic (exact) mass is 336 g/mol. The van der Waals surface area contributed by atoms with E-state index in [0.717, 1.165) is 16.9 Å². The Balaban J connectivity index is 1.69. The maximum absolute atomic E-state index is 11.4. The lowest BCUT2D eigenvalue weighted by Gasteiger charge is -2.16. The number of rotatable bonds is 5. The second-order valence-corrected chi connectivity index (χ2v) is 5.80. The predicted octanol–water partition coefficient (Wildman–Crippen LogP) is 3.89. The van der Waals surface area contributed by atoms with Crippen molar-refractivity contribution in [2.45, 2.75) is 19.9 Å². The third kappa shape index (κ3) is 3.85. The number of nitrogens with zero attached hydrogens (tertiary/aromatic N) is 3. The molecule has 6 nitrogen and oxygen atoms in total. The molecule has 128 valence electrons.